The van der Waals surface area contributed by atoms with Crippen LogP contribution in [0.1, 0.15) is 19.4 Å². The molecule has 0 aromatic carbocycles. The van der Waals surface area contributed by atoms with E-state index in [-0.39, 0.29) is 5.91 Å². The van der Waals surface area contributed by atoms with Crippen LogP contribution in [0, 0.1) is 6.92 Å². The van der Waals surface area contributed by atoms with Gasteiger partial charge in [0, 0.05) is 0 Å². The summed E-state index contributed by atoms with van der Waals surface area (Å²) in [5, 5.41) is 2.78. The molecule has 0 aliphatic rings. The minimum atomic E-state index is -0.575. The smallest absolute Gasteiger partial charge is 0.240 e. The van der Waals surface area contributed by atoms with Gasteiger partial charge in [0.2, 0.25) is 5.91 Å². The number of anilines is 1. The Morgan fingerprint density at radius 2 is 2.13 bits per heavy atom. The summed E-state index contributed by atoms with van der Waals surface area (Å²) in [5.41, 5.74) is 1.69. The predicted molar refractivity (Wildman–Crippen MR) is 68.3 cm³/mol. The van der Waals surface area contributed by atoms with E-state index in [1.807, 2.05) is 13.0 Å². The van der Waals surface area contributed by atoms with Crippen LogP contribution in [-0.2, 0) is 4.79 Å². The molecule has 0 unspecified atom stereocenters. The molecule has 1 heterocycles. The SMILES string of the molecule is Cc1cc(NC(=O)C(C)(C)Br)cnc1Br. The first kappa shape index (κ1) is 12.6. The first-order chi connectivity index (χ1) is 6.80. The molecule has 15 heavy (non-hydrogen) atoms. The van der Waals surface area contributed by atoms with Crippen molar-refractivity contribution in [1.82, 2.24) is 4.98 Å². The molecule has 0 saturated heterocycles. The van der Waals surface area contributed by atoms with Crippen LogP contribution >= 0.6 is 31.9 Å². The molecule has 1 aromatic rings. The Bertz CT molecular complexity index is 385. The molecule has 5 heteroatoms. The first-order valence-corrected chi connectivity index (χ1v) is 6.02. The van der Waals surface area contributed by atoms with Gasteiger partial charge in [-0.15, -0.1) is 0 Å². The second-order valence-electron chi connectivity index (χ2n) is 3.76. The van der Waals surface area contributed by atoms with E-state index >= 15 is 0 Å². The summed E-state index contributed by atoms with van der Waals surface area (Å²) in [4.78, 5) is 15.7. The normalized spacial score (nSPS) is 11.3. The molecule has 1 amide bonds. The van der Waals surface area contributed by atoms with Gasteiger partial charge in [0.1, 0.15) is 4.60 Å². The van der Waals surface area contributed by atoms with Crippen molar-refractivity contribution < 1.29 is 4.79 Å². The zero-order valence-corrected chi connectivity index (χ0v) is 11.9. The van der Waals surface area contributed by atoms with Crippen LogP contribution in [0.4, 0.5) is 5.69 Å². The summed E-state index contributed by atoms with van der Waals surface area (Å²) in [5.74, 6) is -0.0916. The number of hydrogen-bond acceptors (Lipinski definition) is 2. The topological polar surface area (TPSA) is 42.0 Å². The molecule has 0 bridgehead atoms. The van der Waals surface area contributed by atoms with Crippen LogP contribution in [-0.4, -0.2) is 15.2 Å². The minimum absolute atomic E-state index is 0.0916. The maximum absolute atomic E-state index is 11.6. The summed E-state index contributed by atoms with van der Waals surface area (Å²) >= 11 is 6.59. The molecule has 0 aliphatic heterocycles. The highest BCUT2D eigenvalue weighted by Gasteiger charge is 2.23. The van der Waals surface area contributed by atoms with Gasteiger partial charge in [-0.3, -0.25) is 4.79 Å². The lowest BCUT2D eigenvalue weighted by atomic mass is 10.2. The van der Waals surface area contributed by atoms with Crippen molar-refractivity contribution in [3.8, 4) is 0 Å². The maximum atomic E-state index is 11.6. The van der Waals surface area contributed by atoms with Crippen molar-refractivity contribution in [1.29, 1.82) is 0 Å². The Hall–Kier alpha value is -0.420. The lowest BCUT2D eigenvalue weighted by Gasteiger charge is -2.15. The van der Waals surface area contributed by atoms with Crippen LogP contribution in [0.25, 0.3) is 0 Å². The lowest BCUT2D eigenvalue weighted by molar-refractivity contribution is -0.117. The first-order valence-electron chi connectivity index (χ1n) is 4.43. The molecule has 1 N–H and O–H groups in total. The lowest BCUT2D eigenvalue weighted by Crippen LogP contribution is -2.31. The summed E-state index contributed by atoms with van der Waals surface area (Å²) in [6.07, 6.45) is 1.62. The van der Waals surface area contributed by atoms with Crippen LogP contribution in [0.3, 0.4) is 0 Å². The van der Waals surface area contributed by atoms with Gasteiger partial charge >= 0.3 is 0 Å². The number of rotatable bonds is 2. The number of nitrogens with one attached hydrogen (secondary N) is 1. The van der Waals surface area contributed by atoms with E-state index in [9.17, 15) is 4.79 Å². The van der Waals surface area contributed by atoms with E-state index in [1.165, 1.54) is 0 Å². The largest absolute Gasteiger partial charge is 0.324 e. The zero-order chi connectivity index (χ0) is 11.6. The molecule has 1 rings (SSSR count). The molecule has 82 valence electrons. The number of alkyl halides is 1. The molecule has 3 nitrogen and oxygen atoms in total. The second-order valence-corrected chi connectivity index (χ2v) is 6.49. The quantitative estimate of drug-likeness (QED) is 0.665. The zero-order valence-electron chi connectivity index (χ0n) is 8.77. The maximum Gasteiger partial charge on any atom is 0.240 e. The average molecular weight is 336 g/mol. The fourth-order valence-electron chi connectivity index (χ4n) is 0.906. The van der Waals surface area contributed by atoms with Gasteiger partial charge in [-0.25, -0.2) is 4.98 Å². The number of pyridine rings is 1. The number of hydrogen-bond donors (Lipinski definition) is 1. The van der Waals surface area contributed by atoms with Gasteiger partial charge in [0.15, 0.2) is 0 Å². The standard InChI is InChI=1S/C10H12Br2N2O/c1-6-4-7(5-13-8(6)11)14-9(15)10(2,3)12/h4-5H,1-3H3,(H,14,15). The minimum Gasteiger partial charge on any atom is -0.324 e. The Balaban J connectivity index is 2.83. The Morgan fingerprint density at radius 1 is 1.53 bits per heavy atom. The molecule has 0 fully saturated rings. The Morgan fingerprint density at radius 3 is 2.60 bits per heavy atom. The molecule has 0 saturated carbocycles. The van der Waals surface area contributed by atoms with Gasteiger partial charge in [-0.05, 0) is 48.3 Å². The van der Waals surface area contributed by atoms with Crippen LogP contribution < -0.4 is 5.32 Å². The third-order valence-corrected chi connectivity index (χ3v) is 3.00. The number of nitrogens with zero attached hydrogens (tertiary/aromatic N) is 1. The fraction of sp³-hybridized carbons (Fsp3) is 0.400. The molecule has 0 spiro atoms. The monoisotopic (exact) mass is 334 g/mol. The Kier molecular flexibility index (Phi) is 3.89. The predicted octanol–water partition coefficient (Wildman–Crippen LogP) is 3.26. The average Bonchev–Trinajstić information content (AvgIpc) is 2.10. The van der Waals surface area contributed by atoms with Crippen molar-refractivity contribution in [3.63, 3.8) is 0 Å². The third-order valence-electron chi connectivity index (χ3n) is 1.81. The van der Waals surface area contributed by atoms with Crippen LogP contribution in [0.2, 0.25) is 0 Å². The molecular formula is C10H12Br2N2O. The van der Waals surface area contributed by atoms with Gasteiger partial charge in [-0.1, -0.05) is 15.9 Å². The van der Waals surface area contributed by atoms with Crippen molar-refractivity contribution in [2.75, 3.05) is 5.32 Å². The van der Waals surface area contributed by atoms with E-state index in [0.717, 1.165) is 10.2 Å². The van der Waals surface area contributed by atoms with E-state index in [2.05, 4.69) is 42.2 Å². The highest BCUT2D eigenvalue weighted by Crippen LogP contribution is 2.21. The van der Waals surface area contributed by atoms with E-state index in [1.54, 1.807) is 20.0 Å². The highest BCUT2D eigenvalue weighted by atomic mass is 79.9. The van der Waals surface area contributed by atoms with Gasteiger partial charge in [-0.2, -0.15) is 0 Å². The Labute approximate surface area is 106 Å². The highest BCUT2D eigenvalue weighted by molar-refractivity contribution is 9.10. The summed E-state index contributed by atoms with van der Waals surface area (Å²) in [7, 11) is 0. The summed E-state index contributed by atoms with van der Waals surface area (Å²) in [6.45, 7) is 5.51. The van der Waals surface area contributed by atoms with Gasteiger partial charge < -0.3 is 5.32 Å². The molecule has 1 aromatic heterocycles. The number of aryl methyl sites for hydroxylation is 1. The number of aromatic nitrogens is 1. The van der Waals surface area contributed by atoms with Crippen molar-refractivity contribution in [2.24, 2.45) is 0 Å². The molecule has 0 aliphatic carbocycles. The molecular weight excluding hydrogens is 324 g/mol. The summed E-state index contributed by atoms with van der Waals surface area (Å²) < 4.78 is 0.215. The van der Waals surface area contributed by atoms with Crippen molar-refractivity contribution in [2.45, 2.75) is 25.1 Å². The summed E-state index contributed by atoms with van der Waals surface area (Å²) in [6, 6.07) is 1.87. The fourth-order valence-corrected chi connectivity index (χ4v) is 1.22. The van der Waals surface area contributed by atoms with Gasteiger partial charge in [0.25, 0.3) is 0 Å². The van der Waals surface area contributed by atoms with Crippen LogP contribution in [0.5, 0.6) is 0 Å². The number of halogens is 2. The molecule has 0 atom stereocenters. The number of amides is 1. The second kappa shape index (κ2) is 4.61. The number of carbonyl (C=O) groups excluding carboxylic acids is 1. The van der Waals surface area contributed by atoms with Crippen LogP contribution in [0.15, 0.2) is 16.9 Å². The third kappa shape index (κ3) is 3.57. The van der Waals surface area contributed by atoms with E-state index in [4.69, 9.17) is 0 Å². The number of carbonyl (C=O) groups is 1. The molecule has 0 radical (unpaired) electrons. The van der Waals surface area contributed by atoms with E-state index in [0.29, 0.717) is 5.69 Å². The van der Waals surface area contributed by atoms with E-state index < -0.39 is 4.32 Å². The van der Waals surface area contributed by atoms with Crippen molar-refractivity contribution >= 4 is 43.5 Å². The van der Waals surface area contributed by atoms with Crippen molar-refractivity contribution in [3.05, 3.63) is 22.4 Å². The van der Waals surface area contributed by atoms with Gasteiger partial charge in [0.05, 0.1) is 16.2 Å².